The molecule has 2 aromatic rings. The SMILES string of the molecule is Nc1cc(-c2ccccc2)c(Cl)cc1NC(=O)O. The molecular formula is C13H11ClN2O2. The minimum atomic E-state index is -1.18. The van der Waals surface area contributed by atoms with E-state index >= 15 is 0 Å². The van der Waals surface area contributed by atoms with Gasteiger partial charge in [0, 0.05) is 5.56 Å². The molecule has 2 aromatic carbocycles. The molecule has 2 rings (SSSR count). The molecule has 0 radical (unpaired) electrons. The van der Waals surface area contributed by atoms with Crippen molar-refractivity contribution in [3.63, 3.8) is 0 Å². The Kier molecular flexibility index (Phi) is 3.39. The maximum atomic E-state index is 10.6. The quantitative estimate of drug-likeness (QED) is 0.723. The molecule has 4 nitrogen and oxygen atoms in total. The number of nitrogens with two attached hydrogens (primary N) is 1. The van der Waals surface area contributed by atoms with Gasteiger partial charge in [-0.3, -0.25) is 5.32 Å². The smallest absolute Gasteiger partial charge is 0.409 e. The van der Waals surface area contributed by atoms with Crippen LogP contribution in [0.4, 0.5) is 16.2 Å². The zero-order valence-electron chi connectivity index (χ0n) is 9.35. The van der Waals surface area contributed by atoms with Crippen LogP contribution in [0, 0.1) is 0 Å². The van der Waals surface area contributed by atoms with Crippen molar-refractivity contribution in [3.8, 4) is 11.1 Å². The number of rotatable bonds is 2. The Morgan fingerprint density at radius 2 is 1.89 bits per heavy atom. The molecule has 0 bridgehead atoms. The molecule has 0 atom stereocenters. The van der Waals surface area contributed by atoms with Gasteiger partial charge >= 0.3 is 6.09 Å². The zero-order valence-corrected chi connectivity index (χ0v) is 10.1. The molecule has 0 spiro atoms. The van der Waals surface area contributed by atoms with Crippen molar-refractivity contribution >= 4 is 29.1 Å². The Balaban J connectivity index is 2.46. The summed E-state index contributed by atoms with van der Waals surface area (Å²) in [6, 6.07) is 12.7. The molecule has 0 saturated carbocycles. The van der Waals surface area contributed by atoms with Crippen LogP contribution in [0.3, 0.4) is 0 Å². The highest BCUT2D eigenvalue weighted by Gasteiger charge is 2.09. The lowest BCUT2D eigenvalue weighted by Crippen LogP contribution is -2.09. The number of anilines is 2. The van der Waals surface area contributed by atoms with Crippen LogP contribution in [-0.4, -0.2) is 11.2 Å². The highest BCUT2D eigenvalue weighted by molar-refractivity contribution is 6.34. The maximum Gasteiger partial charge on any atom is 0.409 e. The standard InChI is InChI=1S/C13H11ClN2O2/c14-10-7-12(16-13(17)18)11(15)6-9(10)8-4-2-1-3-5-8/h1-7,16H,15H2,(H,17,18). The summed E-state index contributed by atoms with van der Waals surface area (Å²) in [6.07, 6.45) is -1.18. The van der Waals surface area contributed by atoms with Gasteiger partial charge in [-0.2, -0.15) is 0 Å². The third-order valence-corrected chi connectivity index (χ3v) is 2.78. The van der Waals surface area contributed by atoms with Crippen LogP contribution in [0.15, 0.2) is 42.5 Å². The fourth-order valence-corrected chi connectivity index (χ4v) is 1.93. The average molecular weight is 263 g/mol. The van der Waals surface area contributed by atoms with Gasteiger partial charge in [0.25, 0.3) is 0 Å². The normalized spacial score (nSPS) is 10.1. The highest BCUT2D eigenvalue weighted by atomic mass is 35.5. The van der Waals surface area contributed by atoms with Crippen molar-refractivity contribution < 1.29 is 9.90 Å². The lowest BCUT2D eigenvalue weighted by Gasteiger charge is -2.10. The summed E-state index contributed by atoms with van der Waals surface area (Å²) >= 11 is 6.13. The van der Waals surface area contributed by atoms with E-state index in [1.165, 1.54) is 6.07 Å². The fraction of sp³-hybridized carbons (Fsp3) is 0. The van der Waals surface area contributed by atoms with E-state index in [1.807, 2.05) is 30.3 Å². The number of hydrogen-bond acceptors (Lipinski definition) is 2. The van der Waals surface area contributed by atoms with E-state index in [4.69, 9.17) is 22.4 Å². The lowest BCUT2D eigenvalue weighted by atomic mass is 10.0. The van der Waals surface area contributed by atoms with Gasteiger partial charge in [-0.15, -0.1) is 0 Å². The van der Waals surface area contributed by atoms with Gasteiger partial charge in [-0.25, -0.2) is 4.79 Å². The topological polar surface area (TPSA) is 75.3 Å². The molecule has 0 aliphatic heterocycles. The first kappa shape index (κ1) is 12.3. The van der Waals surface area contributed by atoms with Crippen LogP contribution in [0.1, 0.15) is 0 Å². The molecule has 4 N–H and O–H groups in total. The Labute approximate surface area is 109 Å². The predicted molar refractivity (Wildman–Crippen MR) is 72.9 cm³/mol. The highest BCUT2D eigenvalue weighted by Crippen LogP contribution is 2.34. The van der Waals surface area contributed by atoms with Gasteiger partial charge < -0.3 is 10.8 Å². The van der Waals surface area contributed by atoms with Crippen molar-refractivity contribution in [2.24, 2.45) is 0 Å². The van der Waals surface area contributed by atoms with E-state index in [1.54, 1.807) is 6.07 Å². The van der Waals surface area contributed by atoms with Crippen LogP contribution in [-0.2, 0) is 0 Å². The maximum absolute atomic E-state index is 10.6. The minimum absolute atomic E-state index is 0.284. The summed E-state index contributed by atoms with van der Waals surface area (Å²) in [6.45, 7) is 0. The summed E-state index contributed by atoms with van der Waals surface area (Å²) in [5.74, 6) is 0. The minimum Gasteiger partial charge on any atom is -0.465 e. The second-order valence-corrected chi connectivity index (χ2v) is 4.12. The molecule has 0 aromatic heterocycles. The molecule has 92 valence electrons. The summed E-state index contributed by atoms with van der Waals surface area (Å²) in [5.41, 5.74) is 8.11. The largest absolute Gasteiger partial charge is 0.465 e. The third kappa shape index (κ3) is 2.55. The van der Waals surface area contributed by atoms with Crippen molar-refractivity contribution in [2.45, 2.75) is 0 Å². The summed E-state index contributed by atoms with van der Waals surface area (Å²) in [4.78, 5) is 10.6. The van der Waals surface area contributed by atoms with Crippen molar-refractivity contribution in [2.75, 3.05) is 11.1 Å². The van der Waals surface area contributed by atoms with Crippen LogP contribution in [0.5, 0.6) is 0 Å². The molecule has 0 fully saturated rings. The van der Waals surface area contributed by atoms with E-state index in [-0.39, 0.29) is 5.69 Å². The second-order valence-electron chi connectivity index (χ2n) is 3.72. The van der Waals surface area contributed by atoms with Crippen molar-refractivity contribution in [3.05, 3.63) is 47.5 Å². The fourth-order valence-electron chi connectivity index (χ4n) is 1.65. The number of carbonyl (C=O) groups is 1. The Bertz CT molecular complexity index is 585. The Hall–Kier alpha value is -2.20. The van der Waals surface area contributed by atoms with E-state index in [0.29, 0.717) is 10.7 Å². The van der Waals surface area contributed by atoms with E-state index < -0.39 is 6.09 Å². The van der Waals surface area contributed by atoms with Crippen LogP contribution in [0.25, 0.3) is 11.1 Å². The molecule has 5 heteroatoms. The van der Waals surface area contributed by atoms with E-state index in [2.05, 4.69) is 5.32 Å². The van der Waals surface area contributed by atoms with Crippen LogP contribution in [0.2, 0.25) is 5.02 Å². The monoisotopic (exact) mass is 262 g/mol. The number of hydrogen-bond donors (Lipinski definition) is 3. The number of halogens is 1. The number of nitrogens with one attached hydrogen (secondary N) is 1. The number of benzene rings is 2. The second kappa shape index (κ2) is 4.98. The lowest BCUT2D eigenvalue weighted by molar-refractivity contribution is 0.210. The van der Waals surface area contributed by atoms with E-state index in [0.717, 1.165) is 11.1 Å². The van der Waals surface area contributed by atoms with Gasteiger partial charge in [0.05, 0.1) is 16.4 Å². The van der Waals surface area contributed by atoms with Gasteiger partial charge in [0.2, 0.25) is 0 Å². The van der Waals surface area contributed by atoms with Gasteiger partial charge in [-0.05, 0) is 17.7 Å². The summed E-state index contributed by atoms with van der Waals surface area (Å²) < 4.78 is 0. The number of amides is 1. The molecule has 0 heterocycles. The average Bonchev–Trinajstić information content (AvgIpc) is 2.34. The number of nitrogen functional groups attached to an aromatic ring is 1. The first-order valence-electron chi connectivity index (χ1n) is 5.22. The summed E-state index contributed by atoms with van der Waals surface area (Å²) in [5, 5.41) is 11.3. The summed E-state index contributed by atoms with van der Waals surface area (Å²) in [7, 11) is 0. The number of carboxylic acid groups (broad SMARTS) is 1. The Morgan fingerprint density at radius 1 is 1.22 bits per heavy atom. The van der Waals surface area contributed by atoms with E-state index in [9.17, 15) is 4.79 Å². The van der Waals surface area contributed by atoms with Gasteiger partial charge in [0.15, 0.2) is 0 Å². The molecule has 0 unspecified atom stereocenters. The first-order valence-corrected chi connectivity index (χ1v) is 5.60. The Morgan fingerprint density at radius 3 is 2.50 bits per heavy atom. The molecule has 0 saturated heterocycles. The molecule has 0 aliphatic rings. The molecule has 1 amide bonds. The molecule has 0 aliphatic carbocycles. The molecular weight excluding hydrogens is 252 g/mol. The van der Waals surface area contributed by atoms with Gasteiger partial charge in [-0.1, -0.05) is 41.9 Å². The van der Waals surface area contributed by atoms with Crippen molar-refractivity contribution in [1.82, 2.24) is 0 Å². The third-order valence-electron chi connectivity index (χ3n) is 2.47. The molecule has 18 heavy (non-hydrogen) atoms. The predicted octanol–water partition coefficient (Wildman–Crippen LogP) is 3.68. The van der Waals surface area contributed by atoms with Crippen LogP contribution >= 0.6 is 11.6 Å². The first-order chi connectivity index (χ1) is 8.58. The zero-order chi connectivity index (χ0) is 13.1. The van der Waals surface area contributed by atoms with Gasteiger partial charge in [0.1, 0.15) is 0 Å². The van der Waals surface area contributed by atoms with Crippen molar-refractivity contribution in [1.29, 1.82) is 0 Å². The van der Waals surface area contributed by atoms with Crippen LogP contribution < -0.4 is 11.1 Å².